The number of nitriles is 1. The highest BCUT2D eigenvalue weighted by Gasteiger charge is 2.19. The van der Waals surface area contributed by atoms with Crippen LogP contribution in [0.1, 0.15) is 34.1 Å². The summed E-state index contributed by atoms with van der Waals surface area (Å²) in [6, 6.07) is 20.5. The quantitative estimate of drug-likeness (QED) is 0.275. The molecule has 0 spiro atoms. The highest BCUT2D eigenvalue weighted by Crippen LogP contribution is 2.34. The fraction of sp³-hybridized carbons (Fsp3) is 0.133. The summed E-state index contributed by atoms with van der Waals surface area (Å²) in [5, 5.41) is 15.5. The summed E-state index contributed by atoms with van der Waals surface area (Å²) in [4.78, 5) is 38.9. The lowest BCUT2D eigenvalue weighted by Crippen LogP contribution is -2.18. The molecule has 0 radical (unpaired) electrons. The number of nitrogens with one attached hydrogen (secondary N) is 2. The number of nitrogens with zero attached hydrogens (tertiary/aromatic N) is 4. The maximum Gasteiger partial charge on any atom is 0.259 e. The molecule has 5 rings (SSSR count). The van der Waals surface area contributed by atoms with Gasteiger partial charge in [-0.15, -0.1) is 0 Å². The zero-order chi connectivity index (χ0) is 28.2. The average Bonchev–Trinajstić information content (AvgIpc) is 3.37. The molecule has 10 heteroatoms. The molecule has 0 aliphatic carbocycles. The van der Waals surface area contributed by atoms with E-state index in [4.69, 9.17) is 9.72 Å². The monoisotopic (exact) mass is 548 g/mol. The molecule has 9 nitrogen and oxygen atoms in total. The Morgan fingerprint density at radius 1 is 1.02 bits per heavy atom. The third-order valence-electron chi connectivity index (χ3n) is 6.17. The van der Waals surface area contributed by atoms with Gasteiger partial charge in [-0.1, -0.05) is 35.6 Å². The van der Waals surface area contributed by atoms with Crippen molar-refractivity contribution in [2.45, 2.75) is 20.4 Å². The second-order valence-corrected chi connectivity index (χ2v) is 9.98. The first-order chi connectivity index (χ1) is 19.3. The molecule has 0 saturated carbocycles. The van der Waals surface area contributed by atoms with E-state index in [0.717, 1.165) is 22.5 Å². The molecule has 0 aliphatic rings. The normalized spacial score (nSPS) is 10.7. The molecule has 0 saturated heterocycles. The van der Waals surface area contributed by atoms with Crippen LogP contribution in [0.2, 0.25) is 0 Å². The van der Waals surface area contributed by atoms with Gasteiger partial charge in [0, 0.05) is 42.0 Å². The number of pyridine rings is 2. The molecule has 198 valence electrons. The SMILES string of the molecule is COc1ccc(C#N)cc1-c1cc(C)ncc1C(=O)Nc1nc2ccc(-c3ccc(CNC(C)=O)cc3)nc2s1. The minimum Gasteiger partial charge on any atom is -0.496 e. The Labute approximate surface area is 234 Å². The van der Waals surface area contributed by atoms with Crippen LogP contribution in [-0.2, 0) is 11.3 Å². The lowest BCUT2D eigenvalue weighted by atomic mass is 9.97. The van der Waals surface area contributed by atoms with Crippen LogP contribution < -0.4 is 15.4 Å². The van der Waals surface area contributed by atoms with Crippen LogP contribution in [0.3, 0.4) is 0 Å². The summed E-state index contributed by atoms with van der Waals surface area (Å²) in [5.41, 5.74) is 6.07. The minimum atomic E-state index is -0.388. The van der Waals surface area contributed by atoms with Crippen molar-refractivity contribution in [3.8, 4) is 34.2 Å². The predicted octanol–water partition coefficient (Wildman–Crippen LogP) is 5.50. The largest absolute Gasteiger partial charge is 0.496 e. The van der Waals surface area contributed by atoms with Gasteiger partial charge in [0.15, 0.2) is 5.13 Å². The standard InChI is InChI=1S/C30H24N6O3S/c1-17-12-22(23-13-20(14-31)6-11-27(23)39-3)24(16-32-17)28(38)36-30-35-26-10-9-25(34-29(26)40-30)21-7-4-19(5-8-21)15-33-18(2)37/h4-13,16H,15H2,1-3H3,(H,33,37)(H,35,36,38). The molecule has 0 unspecified atom stereocenters. The molecule has 0 atom stereocenters. The van der Waals surface area contributed by atoms with Crippen molar-refractivity contribution in [1.29, 1.82) is 5.26 Å². The maximum absolute atomic E-state index is 13.4. The smallest absolute Gasteiger partial charge is 0.259 e. The van der Waals surface area contributed by atoms with E-state index >= 15 is 0 Å². The molecule has 0 aliphatic heterocycles. The third kappa shape index (κ3) is 5.65. The van der Waals surface area contributed by atoms with Crippen molar-refractivity contribution in [3.63, 3.8) is 0 Å². The van der Waals surface area contributed by atoms with Crippen LogP contribution in [0.15, 0.2) is 66.9 Å². The number of fused-ring (bicyclic) bond motifs is 1. The fourth-order valence-electron chi connectivity index (χ4n) is 4.17. The van der Waals surface area contributed by atoms with E-state index in [1.807, 2.05) is 43.3 Å². The van der Waals surface area contributed by atoms with Gasteiger partial charge in [-0.2, -0.15) is 5.26 Å². The number of benzene rings is 2. The first-order valence-electron chi connectivity index (χ1n) is 12.3. The van der Waals surface area contributed by atoms with Crippen LogP contribution in [0, 0.1) is 18.3 Å². The summed E-state index contributed by atoms with van der Waals surface area (Å²) in [5.74, 6) is 0.0755. The molecule has 3 aromatic heterocycles. The van der Waals surface area contributed by atoms with E-state index in [2.05, 4.69) is 26.7 Å². The minimum absolute atomic E-state index is 0.0768. The zero-order valence-corrected chi connectivity index (χ0v) is 22.8. The summed E-state index contributed by atoms with van der Waals surface area (Å²) in [7, 11) is 1.54. The van der Waals surface area contributed by atoms with Crippen molar-refractivity contribution in [3.05, 3.63) is 89.2 Å². The highest BCUT2D eigenvalue weighted by atomic mass is 32.1. The molecule has 40 heavy (non-hydrogen) atoms. The lowest BCUT2D eigenvalue weighted by Gasteiger charge is -2.13. The van der Waals surface area contributed by atoms with Crippen LogP contribution >= 0.6 is 11.3 Å². The van der Waals surface area contributed by atoms with Gasteiger partial charge < -0.3 is 10.1 Å². The summed E-state index contributed by atoms with van der Waals surface area (Å²) in [6.45, 7) is 3.79. The Hall–Kier alpha value is -5.14. The van der Waals surface area contributed by atoms with Gasteiger partial charge >= 0.3 is 0 Å². The van der Waals surface area contributed by atoms with Gasteiger partial charge in [0.25, 0.3) is 5.91 Å². The number of thiazole rings is 1. The molecule has 2 aromatic carbocycles. The van der Waals surface area contributed by atoms with Crippen molar-refractivity contribution in [1.82, 2.24) is 20.3 Å². The van der Waals surface area contributed by atoms with Crippen LogP contribution in [-0.4, -0.2) is 33.9 Å². The lowest BCUT2D eigenvalue weighted by molar-refractivity contribution is -0.119. The van der Waals surface area contributed by atoms with E-state index in [1.54, 1.807) is 31.4 Å². The van der Waals surface area contributed by atoms with Crippen molar-refractivity contribution in [2.75, 3.05) is 12.4 Å². The second kappa shape index (κ2) is 11.3. The number of ether oxygens (including phenoxy) is 1. The van der Waals surface area contributed by atoms with Crippen molar-refractivity contribution >= 4 is 38.6 Å². The number of anilines is 1. The zero-order valence-electron chi connectivity index (χ0n) is 22.0. The number of amides is 2. The third-order valence-corrected chi connectivity index (χ3v) is 7.05. The van der Waals surface area contributed by atoms with Gasteiger partial charge in [0.2, 0.25) is 5.91 Å². The molecule has 0 bridgehead atoms. The van der Waals surface area contributed by atoms with E-state index < -0.39 is 0 Å². The molecule has 3 heterocycles. The van der Waals surface area contributed by atoms with Gasteiger partial charge in [0.1, 0.15) is 16.1 Å². The average molecular weight is 549 g/mol. The van der Waals surface area contributed by atoms with Crippen molar-refractivity contribution in [2.24, 2.45) is 0 Å². The number of carbonyl (C=O) groups excluding carboxylic acids is 2. The van der Waals surface area contributed by atoms with E-state index in [9.17, 15) is 14.9 Å². The number of carbonyl (C=O) groups is 2. The molecule has 0 fully saturated rings. The Morgan fingerprint density at radius 2 is 1.82 bits per heavy atom. The van der Waals surface area contributed by atoms with E-state index in [1.165, 1.54) is 24.5 Å². The number of hydrogen-bond acceptors (Lipinski definition) is 8. The topological polar surface area (TPSA) is 130 Å². The first-order valence-corrected chi connectivity index (χ1v) is 13.1. The van der Waals surface area contributed by atoms with Gasteiger partial charge in [-0.25, -0.2) is 9.97 Å². The number of rotatable bonds is 7. The Morgan fingerprint density at radius 3 is 2.55 bits per heavy atom. The first kappa shape index (κ1) is 26.5. The van der Waals surface area contributed by atoms with Crippen LogP contribution in [0.5, 0.6) is 5.75 Å². The molecule has 2 N–H and O–H groups in total. The summed E-state index contributed by atoms with van der Waals surface area (Å²) < 4.78 is 5.51. The summed E-state index contributed by atoms with van der Waals surface area (Å²) in [6.07, 6.45) is 1.51. The van der Waals surface area contributed by atoms with Gasteiger partial charge in [-0.3, -0.25) is 19.9 Å². The fourth-order valence-corrected chi connectivity index (χ4v) is 5.00. The molecular weight excluding hydrogens is 524 g/mol. The predicted molar refractivity (Wildman–Crippen MR) is 154 cm³/mol. The number of methoxy groups -OCH3 is 1. The maximum atomic E-state index is 13.4. The molecular formula is C30H24N6O3S. The number of aromatic nitrogens is 3. The van der Waals surface area contributed by atoms with Crippen LogP contribution in [0.4, 0.5) is 5.13 Å². The summed E-state index contributed by atoms with van der Waals surface area (Å²) >= 11 is 1.27. The Bertz CT molecular complexity index is 1790. The van der Waals surface area contributed by atoms with E-state index in [-0.39, 0.29) is 11.8 Å². The second-order valence-electron chi connectivity index (χ2n) is 9.00. The van der Waals surface area contributed by atoms with Crippen molar-refractivity contribution < 1.29 is 14.3 Å². The molecule has 5 aromatic rings. The van der Waals surface area contributed by atoms with Crippen LogP contribution in [0.25, 0.3) is 32.7 Å². The van der Waals surface area contributed by atoms with Gasteiger partial charge in [-0.05, 0) is 48.9 Å². The molecule has 2 amide bonds. The number of hydrogen-bond donors (Lipinski definition) is 2. The Balaban J connectivity index is 1.41. The Kier molecular flexibility index (Phi) is 7.48. The van der Waals surface area contributed by atoms with E-state index in [0.29, 0.717) is 50.0 Å². The highest BCUT2D eigenvalue weighted by molar-refractivity contribution is 7.22. The number of aryl methyl sites for hydroxylation is 1. The van der Waals surface area contributed by atoms with Gasteiger partial charge in [0.05, 0.1) is 30.0 Å².